The van der Waals surface area contributed by atoms with Crippen molar-refractivity contribution in [2.45, 2.75) is 167 Å². The van der Waals surface area contributed by atoms with Gasteiger partial charge in [-0.3, -0.25) is 19.3 Å². The van der Waals surface area contributed by atoms with E-state index in [1.807, 2.05) is 50.2 Å². The first-order chi connectivity index (χ1) is 31.4. The minimum Gasteiger partial charge on any atom is -0.444 e. The van der Waals surface area contributed by atoms with Crippen LogP contribution in [0.5, 0.6) is 0 Å². The van der Waals surface area contributed by atoms with E-state index in [4.69, 9.17) is 13.9 Å². The lowest BCUT2D eigenvalue weighted by Gasteiger charge is -2.45. The second kappa shape index (κ2) is 21.8. The summed E-state index contributed by atoms with van der Waals surface area (Å²) in [6.07, 6.45) is -0.438. The lowest BCUT2D eigenvalue weighted by atomic mass is 9.81. The molecule has 7 atom stereocenters. The van der Waals surface area contributed by atoms with Crippen LogP contribution in [-0.4, -0.2) is 96.5 Å². The molecule has 2 N–H and O–H groups in total. The molecule has 2 heterocycles. The van der Waals surface area contributed by atoms with Gasteiger partial charge in [0.25, 0.3) is 0 Å². The number of carbonyl (C=O) groups is 4. The molecule has 3 aromatic rings. The van der Waals surface area contributed by atoms with Crippen molar-refractivity contribution < 1.29 is 41.9 Å². The Labute approximate surface area is 397 Å². The molecular weight excluding hydrogens is 873 g/mol. The minimum absolute atomic E-state index is 0.104. The Morgan fingerprint density at radius 1 is 0.955 bits per heavy atom. The molecule has 2 fully saturated rings. The first kappa shape index (κ1) is 52.8. The Morgan fingerprint density at radius 3 is 2.21 bits per heavy atom. The first-order valence-electron chi connectivity index (χ1n) is 23.5. The quantitative estimate of drug-likeness (QED) is 0.120. The third kappa shape index (κ3) is 13.5. The zero-order valence-electron chi connectivity index (χ0n) is 41.2. The number of nitriles is 1. The summed E-state index contributed by atoms with van der Waals surface area (Å²) in [7, 11) is -2.83. The van der Waals surface area contributed by atoms with Gasteiger partial charge < -0.3 is 29.4 Å². The number of likely N-dealkylation sites (tertiary alicyclic amines) is 2. The van der Waals surface area contributed by atoms with Crippen molar-refractivity contribution in [3.05, 3.63) is 107 Å². The summed E-state index contributed by atoms with van der Waals surface area (Å²) in [6.45, 7) is 21.4. The van der Waals surface area contributed by atoms with Crippen LogP contribution in [0.3, 0.4) is 0 Å². The molecule has 2 unspecified atom stereocenters. The summed E-state index contributed by atoms with van der Waals surface area (Å²) in [5, 5.41) is 15.4. The molecule has 4 amide bonds. The van der Waals surface area contributed by atoms with Crippen LogP contribution >= 0.6 is 0 Å². The molecular formula is C52H71F2N5O7Si. The van der Waals surface area contributed by atoms with Gasteiger partial charge in [-0.1, -0.05) is 83.5 Å². The van der Waals surface area contributed by atoms with Crippen molar-refractivity contribution in [3.8, 4) is 6.07 Å². The average molecular weight is 944 g/mol. The van der Waals surface area contributed by atoms with Gasteiger partial charge in [0.1, 0.15) is 28.8 Å². The Kier molecular flexibility index (Phi) is 17.2. The number of hydrogen-bond donors (Lipinski definition) is 2. The molecule has 2 aliphatic heterocycles. The number of rotatable bonds is 18. The Bertz CT molecular complexity index is 2240. The largest absolute Gasteiger partial charge is 0.444 e. The molecule has 12 nitrogen and oxygen atoms in total. The van der Waals surface area contributed by atoms with Crippen LogP contribution < -0.4 is 10.6 Å². The maximum Gasteiger partial charge on any atom is 0.410 e. The predicted molar refractivity (Wildman–Crippen MR) is 256 cm³/mol. The molecule has 0 saturated carbocycles. The monoisotopic (exact) mass is 944 g/mol. The highest BCUT2D eigenvalue weighted by atomic mass is 28.4. The van der Waals surface area contributed by atoms with Crippen molar-refractivity contribution in [1.82, 2.24) is 20.4 Å². The number of nitrogens with zero attached hydrogens (tertiary/aromatic N) is 3. The van der Waals surface area contributed by atoms with Gasteiger partial charge in [-0.2, -0.15) is 5.26 Å². The van der Waals surface area contributed by atoms with Crippen molar-refractivity contribution in [1.29, 1.82) is 5.26 Å². The van der Waals surface area contributed by atoms with E-state index in [2.05, 4.69) is 50.6 Å². The zero-order chi connectivity index (χ0) is 49.5. The molecule has 0 radical (unpaired) electrons. The summed E-state index contributed by atoms with van der Waals surface area (Å²) in [6, 6.07) is 19.3. The first-order valence-corrected chi connectivity index (χ1v) is 26.4. The highest BCUT2D eigenvalue weighted by Crippen LogP contribution is 2.41. The van der Waals surface area contributed by atoms with Crippen molar-refractivity contribution in [3.63, 3.8) is 0 Å². The van der Waals surface area contributed by atoms with Crippen LogP contribution in [0.4, 0.5) is 13.6 Å². The van der Waals surface area contributed by atoms with Crippen molar-refractivity contribution in [2.75, 3.05) is 13.1 Å². The van der Waals surface area contributed by atoms with Crippen molar-refractivity contribution in [2.24, 2.45) is 5.92 Å². The number of carbonyl (C=O) groups excluding carboxylic acids is 4. The van der Waals surface area contributed by atoms with Crippen LogP contribution in [0.1, 0.15) is 110 Å². The van der Waals surface area contributed by atoms with E-state index in [0.717, 1.165) is 17.2 Å². The molecule has 67 heavy (non-hydrogen) atoms. The number of nitrogens with one attached hydrogen (secondary N) is 2. The predicted octanol–water partition coefficient (Wildman–Crippen LogP) is 9.00. The van der Waals surface area contributed by atoms with E-state index < -0.39 is 73.4 Å². The summed E-state index contributed by atoms with van der Waals surface area (Å²) in [4.78, 5) is 60.5. The maximum atomic E-state index is 15.4. The van der Waals surface area contributed by atoms with Crippen LogP contribution in [0.15, 0.2) is 72.8 Å². The molecule has 0 bridgehead atoms. The van der Waals surface area contributed by atoms with Gasteiger partial charge in [-0.15, -0.1) is 0 Å². The minimum atomic E-state index is -2.83. The number of benzene rings is 3. The average Bonchev–Trinajstić information content (AvgIpc) is 3.81. The van der Waals surface area contributed by atoms with Gasteiger partial charge in [0.15, 0.2) is 8.32 Å². The highest BCUT2D eigenvalue weighted by molar-refractivity contribution is 6.74. The van der Waals surface area contributed by atoms with E-state index in [0.29, 0.717) is 24.8 Å². The summed E-state index contributed by atoms with van der Waals surface area (Å²) in [5.74, 6) is -3.04. The maximum absolute atomic E-state index is 15.4. The standard InChI is InChI=1S/C52H71F2N5O7Si/c1-12-34(2)52(57-35(3)60)23-24-58(48(52)62)44(22-21-36-17-14-13-15-18-36)47(61)56-43(28-39-26-40(53)29-41(54)27-39)46(66-67(10,11)51(7,8)9)45-30-42(32-59(45)49(63)65-50(4,5)6)64-33-38-20-16-19-37(25-38)31-55/h13-20,25-27,29,34,42-46H,12,21-24,28,30,32-33H2,1-11H3,(H,56,61)(H,57,60)/t34-,42?,43+,44+,45?,46+,52+/m1/s1. The number of aryl methyl sites for hydroxylation is 1. The molecule has 364 valence electrons. The van der Waals surface area contributed by atoms with E-state index in [-0.39, 0.29) is 67.3 Å². The molecule has 0 aromatic heterocycles. The smallest absolute Gasteiger partial charge is 0.410 e. The fourth-order valence-corrected chi connectivity index (χ4v) is 10.3. The van der Waals surface area contributed by atoms with E-state index in [1.54, 1.807) is 48.8 Å². The number of hydrogen-bond acceptors (Lipinski definition) is 8. The topological polar surface area (TPSA) is 150 Å². The van der Waals surface area contributed by atoms with Crippen LogP contribution in [-0.2, 0) is 47.7 Å². The van der Waals surface area contributed by atoms with Gasteiger partial charge in [0, 0.05) is 19.5 Å². The molecule has 15 heteroatoms. The molecule has 0 spiro atoms. The SMILES string of the molecule is CC[C@@H](C)[C@@]1(NC(C)=O)CCN([C@@H](CCc2ccccc2)C(=O)N[C@@H](Cc2cc(F)cc(F)c2)[C@H](O[Si](C)(C)C(C)(C)C)C2CC(OCc3cccc(C#N)c3)CN2C(=O)OC(C)(C)C)C1=O. The van der Waals surface area contributed by atoms with Gasteiger partial charge >= 0.3 is 6.09 Å². The van der Waals surface area contributed by atoms with Crippen molar-refractivity contribution >= 4 is 32.1 Å². The zero-order valence-corrected chi connectivity index (χ0v) is 42.2. The third-order valence-electron chi connectivity index (χ3n) is 13.7. The second-order valence-electron chi connectivity index (χ2n) is 20.9. The van der Waals surface area contributed by atoms with Gasteiger partial charge in [0.05, 0.1) is 49.1 Å². The van der Waals surface area contributed by atoms with E-state index in [9.17, 15) is 19.6 Å². The summed E-state index contributed by atoms with van der Waals surface area (Å²) >= 11 is 0. The lowest BCUT2D eigenvalue weighted by Crippen LogP contribution is -2.63. The Hall–Kier alpha value is -5.17. The number of halogens is 2. The molecule has 3 aromatic carbocycles. The van der Waals surface area contributed by atoms with Crippen LogP contribution in [0.25, 0.3) is 0 Å². The van der Waals surface area contributed by atoms with E-state index in [1.165, 1.54) is 19.1 Å². The van der Waals surface area contributed by atoms with Crippen LogP contribution in [0.2, 0.25) is 18.1 Å². The number of amides is 4. The van der Waals surface area contributed by atoms with Gasteiger partial charge in [-0.05, 0) is 118 Å². The molecule has 5 rings (SSSR count). The fraction of sp³-hybridized carbons (Fsp3) is 0.558. The number of ether oxygens (including phenoxy) is 2. The third-order valence-corrected chi connectivity index (χ3v) is 18.1. The molecule has 2 saturated heterocycles. The van der Waals surface area contributed by atoms with Crippen LogP contribution in [0, 0.1) is 28.9 Å². The fourth-order valence-electron chi connectivity index (χ4n) is 8.98. The summed E-state index contributed by atoms with van der Waals surface area (Å²) in [5.41, 5.74) is 0.356. The normalized spacial score (nSPS) is 20.7. The van der Waals surface area contributed by atoms with Gasteiger partial charge in [0.2, 0.25) is 17.7 Å². The summed E-state index contributed by atoms with van der Waals surface area (Å²) < 4.78 is 50.0. The second-order valence-corrected chi connectivity index (χ2v) is 25.6. The van der Waals surface area contributed by atoms with E-state index >= 15 is 13.6 Å². The molecule has 0 aliphatic carbocycles. The highest BCUT2D eigenvalue weighted by Gasteiger charge is 2.54. The Balaban J connectivity index is 1.64. The Morgan fingerprint density at radius 2 is 1.61 bits per heavy atom. The van der Waals surface area contributed by atoms with Gasteiger partial charge in [-0.25, -0.2) is 13.6 Å². The molecule has 2 aliphatic rings. The lowest BCUT2D eigenvalue weighted by molar-refractivity contribution is -0.144.